The second-order valence-corrected chi connectivity index (χ2v) is 8.71. The van der Waals surface area contributed by atoms with E-state index in [-0.39, 0.29) is 11.6 Å². The zero-order chi connectivity index (χ0) is 23.0. The van der Waals surface area contributed by atoms with Crippen LogP contribution in [-0.4, -0.2) is 59.6 Å². The molecule has 1 aliphatic carbocycles. The Morgan fingerprint density at radius 2 is 1.61 bits per heavy atom. The molecule has 2 heterocycles. The van der Waals surface area contributed by atoms with Crippen LogP contribution in [0.3, 0.4) is 0 Å². The maximum atomic E-state index is 13.9. The molecule has 0 atom stereocenters. The average molecular weight is 442 g/mol. The lowest BCUT2D eigenvalue weighted by Crippen LogP contribution is -2.60. The molecule has 0 unspecified atom stereocenters. The Morgan fingerprint density at radius 3 is 2.24 bits per heavy atom. The van der Waals surface area contributed by atoms with E-state index < -0.39 is 5.54 Å². The van der Waals surface area contributed by atoms with E-state index in [9.17, 15) is 9.59 Å². The first kappa shape index (κ1) is 21.5. The third kappa shape index (κ3) is 3.56. The second kappa shape index (κ2) is 8.54. The zero-order valence-electron chi connectivity index (χ0n) is 19.0. The topological polar surface area (TPSA) is 62.7 Å². The molecule has 1 fully saturated rings. The third-order valence-corrected chi connectivity index (χ3v) is 6.77. The highest BCUT2D eigenvalue weighted by molar-refractivity contribution is 6.32. The molecule has 0 N–H and O–H groups in total. The number of pyridine rings is 1. The summed E-state index contributed by atoms with van der Waals surface area (Å²) in [5.74, 6) is 0.586. The number of ketones is 2. The van der Waals surface area contributed by atoms with Gasteiger partial charge in [0.25, 0.3) is 0 Å². The van der Waals surface area contributed by atoms with Crippen LogP contribution in [0.1, 0.15) is 37.5 Å². The summed E-state index contributed by atoms with van der Waals surface area (Å²) in [6.07, 6.45) is 1.69. The maximum absolute atomic E-state index is 13.9. The number of piperazine rings is 1. The molecule has 1 aliphatic heterocycles. The highest BCUT2D eigenvalue weighted by Crippen LogP contribution is 2.43. The first-order valence-electron chi connectivity index (χ1n) is 11.3. The molecule has 0 spiro atoms. The number of benzene rings is 2. The molecule has 33 heavy (non-hydrogen) atoms. The van der Waals surface area contributed by atoms with Gasteiger partial charge in [0.2, 0.25) is 0 Å². The summed E-state index contributed by atoms with van der Waals surface area (Å²) in [5.41, 5.74) is 2.39. The number of Topliss-reactive ketones (excluding diaryl/α,β-unsaturated/α-hetero) is 2. The van der Waals surface area contributed by atoms with Gasteiger partial charge in [-0.3, -0.25) is 24.4 Å². The lowest BCUT2D eigenvalue weighted by Gasteiger charge is -2.44. The van der Waals surface area contributed by atoms with Crippen molar-refractivity contribution in [1.82, 2.24) is 14.8 Å². The molecular formula is C27H27N3O3. The molecule has 0 saturated carbocycles. The minimum Gasteiger partial charge on any atom is -0.497 e. The minimum atomic E-state index is -1.32. The lowest BCUT2D eigenvalue weighted by atomic mass is 9.82. The highest BCUT2D eigenvalue weighted by atomic mass is 16.5. The normalized spacial score (nSPS) is 18.4. The van der Waals surface area contributed by atoms with Crippen LogP contribution < -0.4 is 4.74 Å². The second-order valence-electron chi connectivity index (χ2n) is 8.71. The summed E-state index contributed by atoms with van der Waals surface area (Å²) in [5, 5.41) is 0. The summed E-state index contributed by atoms with van der Waals surface area (Å²) in [4.78, 5) is 36.5. The van der Waals surface area contributed by atoms with Crippen molar-refractivity contribution in [3.63, 3.8) is 0 Å². The summed E-state index contributed by atoms with van der Waals surface area (Å²) >= 11 is 0. The molecule has 6 nitrogen and oxygen atoms in total. The Labute approximate surface area is 193 Å². The zero-order valence-corrected chi connectivity index (χ0v) is 19.0. The predicted octanol–water partition coefficient (Wildman–Crippen LogP) is 3.49. The van der Waals surface area contributed by atoms with Crippen LogP contribution >= 0.6 is 0 Å². The number of nitrogens with zero attached hydrogens (tertiary/aromatic N) is 3. The Bertz CT molecular complexity index is 1180. The fourth-order valence-electron chi connectivity index (χ4n) is 5.15. The van der Waals surface area contributed by atoms with Crippen molar-refractivity contribution >= 4 is 11.6 Å². The van der Waals surface area contributed by atoms with Gasteiger partial charge in [-0.25, -0.2) is 0 Å². The largest absolute Gasteiger partial charge is 0.497 e. The third-order valence-electron chi connectivity index (χ3n) is 6.77. The molecule has 3 aromatic rings. The number of methoxy groups -OCH3 is 1. The van der Waals surface area contributed by atoms with Crippen LogP contribution in [0.4, 0.5) is 0 Å². The predicted molar refractivity (Wildman–Crippen MR) is 126 cm³/mol. The van der Waals surface area contributed by atoms with E-state index in [2.05, 4.69) is 20.9 Å². The van der Waals surface area contributed by atoms with Gasteiger partial charge < -0.3 is 4.74 Å². The molecule has 0 radical (unpaired) electrons. The summed E-state index contributed by atoms with van der Waals surface area (Å²) in [6, 6.07) is 19.0. The quantitative estimate of drug-likeness (QED) is 0.565. The van der Waals surface area contributed by atoms with E-state index in [4.69, 9.17) is 4.74 Å². The van der Waals surface area contributed by atoms with Crippen molar-refractivity contribution in [2.45, 2.75) is 19.0 Å². The van der Waals surface area contributed by atoms with E-state index in [1.165, 1.54) is 5.56 Å². The smallest absolute Gasteiger partial charge is 0.196 e. The number of aryl methyl sites for hydroxylation is 1. The van der Waals surface area contributed by atoms with Crippen LogP contribution in [0.5, 0.6) is 5.75 Å². The van der Waals surface area contributed by atoms with Gasteiger partial charge in [-0.15, -0.1) is 0 Å². The van der Waals surface area contributed by atoms with Crippen LogP contribution in [0.25, 0.3) is 0 Å². The Kier molecular flexibility index (Phi) is 5.56. The number of aromatic nitrogens is 1. The van der Waals surface area contributed by atoms with Gasteiger partial charge in [0.15, 0.2) is 17.1 Å². The number of fused-ring (bicyclic) bond motifs is 1. The fourth-order valence-corrected chi connectivity index (χ4v) is 5.15. The van der Waals surface area contributed by atoms with Crippen LogP contribution in [0.15, 0.2) is 66.9 Å². The molecule has 0 bridgehead atoms. The monoisotopic (exact) mass is 441 g/mol. The molecule has 5 rings (SSSR count). The number of rotatable bonds is 5. The van der Waals surface area contributed by atoms with Crippen LogP contribution in [0, 0.1) is 6.92 Å². The van der Waals surface area contributed by atoms with Gasteiger partial charge >= 0.3 is 0 Å². The summed E-state index contributed by atoms with van der Waals surface area (Å²) in [6.45, 7) is 5.46. The Balaban J connectivity index is 1.45. The summed E-state index contributed by atoms with van der Waals surface area (Å²) in [7, 11) is 1.67. The van der Waals surface area contributed by atoms with Gasteiger partial charge in [0, 0.05) is 55.7 Å². The first-order chi connectivity index (χ1) is 16.0. The number of carbonyl (C=O) groups excluding carboxylic acids is 2. The van der Waals surface area contributed by atoms with Gasteiger partial charge in [0.05, 0.1) is 7.11 Å². The molecule has 6 heteroatoms. The van der Waals surface area contributed by atoms with E-state index >= 15 is 0 Å². The van der Waals surface area contributed by atoms with Crippen molar-refractivity contribution in [2.24, 2.45) is 0 Å². The van der Waals surface area contributed by atoms with E-state index in [0.29, 0.717) is 29.8 Å². The van der Waals surface area contributed by atoms with Crippen molar-refractivity contribution in [1.29, 1.82) is 0 Å². The number of ether oxygens (including phenoxy) is 1. The molecule has 1 saturated heterocycles. The average Bonchev–Trinajstić information content (AvgIpc) is 3.07. The number of carbonyl (C=O) groups is 2. The standard InChI is InChI=1S/C27H27N3O3/c1-19-16-21(10-11-28-19)27(25(31)23-8-3-4-9-24(23)26(27)32)30-14-12-29(13-15-30)18-20-6-5-7-22(17-20)33-2/h3-11,16-17H,12-15,18H2,1-2H3. The van der Waals surface area contributed by atoms with Crippen molar-refractivity contribution in [3.05, 3.63) is 94.8 Å². The molecular weight excluding hydrogens is 414 g/mol. The summed E-state index contributed by atoms with van der Waals surface area (Å²) < 4.78 is 5.35. The van der Waals surface area contributed by atoms with Crippen LogP contribution in [0.2, 0.25) is 0 Å². The molecule has 0 amide bonds. The van der Waals surface area contributed by atoms with E-state index in [1.54, 1.807) is 25.4 Å². The molecule has 2 aliphatic rings. The van der Waals surface area contributed by atoms with Gasteiger partial charge in [0.1, 0.15) is 5.75 Å². The number of hydrogen-bond acceptors (Lipinski definition) is 6. The van der Waals surface area contributed by atoms with Crippen molar-refractivity contribution in [3.8, 4) is 5.75 Å². The Morgan fingerprint density at radius 1 is 0.909 bits per heavy atom. The van der Waals surface area contributed by atoms with E-state index in [1.807, 2.05) is 49.4 Å². The van der Waals surface area contributed by atoms with Crippen molar-refractivity contribution in [2.75, 3.05) is 33.3 Å². The molecule has 168 valence electrons. The van der Waals surface area contributed by atoms with Gasteiger partial charge in [-0.1, -0.05) is 36.4 Å². The van der Waals surface area contributed by atoms with Crippen molar-refractivity contribution < 1.29 is 14.3 Å². The minimum absolute atomic E-state index is 0.130. The maximum Gasteiger partial charge on any atom is 0.196 e. The van der Waals surface area contributed by atoms with E-state index in [0.717, 1.165) is 31.1 Å². The Hall–Kier alpha value is -3.35. The fraction of sp³-hybridized carbons (Fsp3) is 0.296. The number of hydrogen-bond donors (Lipinski definition) is 0. The van der Waals surface area contributed by atoms with Crippen LogP contribution in [-0.2, 0) is 12.1 Å². The highest BCUT2D eigenvalue weighted by Gasteiger charge is 2.58. The lowest BCUT2D eigenvalue weighted by molar-refractivity contribution is 0.0279. The van der Waals surface area contributed by atoms with Gasteiger partial charge in [-0.05, 0) is 42.3 Å². The SMILES string of the molecule is COc1cccc(CN2CCN(C3(c4ccnc(C)c4)C(=O)c4ccccc4C3=O)CC2)c1. The first-order valence-corrected chi connectivity index (χ1v) is 11.3. The molecule has 1 aromatic heterocycles. The van der Waals surface area contributed by atoms with Gasteiger partial charge in [-0.2, -0.15) is 0 Å². The molecule has 2 aromatic carbocycles.